The molecule has 1 heterocycles. The molecule has 104 valence electrons. The highest BCUT2D eigenvalue weighted by Crippen LogP contribution is 2.27. The van der Waals surface area contributed by atoms with Crippen LogP contribution >= 0.6 is 23.4 Å². The van der Waals surface area contributed by atoms with E-state index in [4.69, 9.17) is 16.3 Å². The Morgan fingerprint density at radius 2 is 2.00 bits per heavy atom. The highest BCUT2D eigenvalue weighted by atomic mass is 35.5. The molecule has 0 saturated carbocycles. The molecular weight excluding hydrogens is 282 g/mol. The largest absolute Gasteiger partial charge is 0.372 e. The molecule has 2 rings (SSSR count). The summed E-state index contributed by atoms with van der Waals surface area (Å²) in [6, 6.07) is 7.59. The molecule has 0 aromatic heterocycles. The second-order valence-corrected chi connectivity index (χ2v) is 6.20. The van der Waals surface area contributed by atoms with E-state index >= 15 is 0 Å². The molecule has 0 radical (unpaired) electrons. The van der Waals surface area contributed by atoms with Crippen LogP contribution in [0.2, 0.25) is 5.02 Å². The summed E-state index contributed by atoms with van der Waals surface area (Å²) in [5.74, 6) is 0.565. The van der Waals surface area contributed by atoms with E-state index in [9.17, 15) is 4.79 Å². The lowest BCUT2D eigenvalue weighted by Crippen LogP contribution is -2.48. The van der Waals surface area contributed by atoms with Crippen LogP contribution in [0, 0.1) is 0 Å². The molecule has 1 fully saturated rings. The van der Waals surface area contributed by atoms with Gasteiger partial charge in [-0.3, -0.25) is 4.79 Å². The van der Waals surface area contributed by atoms with Crippen LogP contribution in [0.4, 0.5) is 0 Å². The molecule has 2 atom stereocenters. The number of rotatable bonds is 3. The number of hydrogen-bond donors (Lipinski definition) is 0. The van der Waals surface area contributed by atoms with Crippen LogP contribution in [0.15, 0.2) is 29.2 Å². The van der Waals surface area contributed by atoms with E-state index in [1.54, 1.807) is 0 Å². The fraction of sp³-hybridized carbons (Fsp3) is 0.500. The number of benzene rings is 1. The van der Waals surface area contributed by atoms with E-state index < -0.39 is 0 Å². The Morgan fingerprint density at radius 1 is 1.37 bits per heavy atom. The fourth-order valence-electron chi connectivity index (χ4n) is 2.17. The Bertz CT molecular complexity index is 445. The number of thioether (sulfide) groups is 1. The number of ether oxygens (including phenoxy) is 1. The molecule has 1 aromatic rings. The lowest BCUT2D eigenvalue weighted by atomic mass is 10.2. The number of halogens is 1. The molecular formula is C14H18ClNO2S. The molecule has 0 N–H and O–H groups in total. The topological polar surface area (TPSA) is 29.5 Å². The molecule has 1 saturated heterocycles. The molecule has 0 bridgehead atoms. The van der Waals surface area contributed by atoms with Gasteiger partial charge in [0.25, 0.3) is 0 Å². The molecule has 1 aromatic carbocycles. The van der Waals surface area contributed by atoms with Crippen LogP contribution in [-0.2, 0) is 9.53 Å². The van der Waals surface area contributed by atoms with Crippen LogP contribution < -0.4 is 0 Å². The summed E-state index contributed by atoms with van der Waals surface area (Å²) in [6.45, 7) is 5.34. The third kappa shape index (κ3) is 4.13. The van der Waals surface area contributed by atoms with Crippen molar-refractivity contribution in [2.45, 2.75) is 31.0 Å². The molecule has 5 heteroatoms. The van der Waals surface area contributed by atoms with Gasteiger partial charge in [0, 0.05) is 18.0 Å². The Hall–Kier alpha value is -0.710. The smallest absolute Gasteiger partial charge is 0.233 e. The average Bonchev–Trinajstić information content (AvgIpc) is 2.36. The van der Waals surface area contributed by atoms with E-state index in [1.807, 2.05) is 43.0 Å². The van der Waals surface area contributed by atoms with E-state index in [2.05, 4.69) is 0 Å². The number of hydrogen-bond acceptors (Lipinski definition) is 3. The highest BCUT2D eigenvalue weighted by Gasteiger charge is 2.25. The van der Waals surface area contributed by atoms with Gasteiger partial charge in [0.05, 0.1) is 23.0 Å². The minimum Gasteiger partial charge on any atom is -0.372 e. The summed E-state index contributed by atoms with van der Waals surface area (Å²) >= 11 is 7.56. The molecule has 1 amide bonds. The molecule has 19 heavy (non-hydrogen) atoms. The number of carbonyl (C=O) groups excluding carboxylic acids is 1. The zero-order chi connectivity index (χ0) is 13.8. The van der Waals surface area contributed by atoms with E-state index in [0.29, 0.717) is 23.9 Å². The maximum absolute atomic E-state index is 12.2. The van der Waals surface area contributed by atoms with Gasteiger partial charge in [0.15, 0.2) is 0 Å². The third-order valence-electron chi connectivity index (χ3n) is 2.96. The number of amides is 1. The molecule has 1 aliphatic rings. The van der Waals surface area contributed by atoms with Gasteiger partial charge in [0.1, 0.15) is 0 Å². The minimum atomic E-state index is 0.109. The van der Waals surface area contributed by atoms with Gasteiger partial charge in [-0.05, 0) is 26.0 Å². The Balaban J connectivity index is 1.89. The number of carbonyl (C=O) groups is 1. The van der Waals surface area contributed by atoms with Crippen molar-refractivity contribution in [1.82, 2.24) is 4.90 Å². The maximum atomic E-state index is 12.2. The fourth-order valence-corrected chi connectivity index (χ4v) is 3.32. The Labute approximate surface area is 123 Å². The van der Waals surface area contributed by atoms with Crippen molar-refractivity contribution in [3.8, 4) is 0 Å². The lowest BCUT2D eigenvalue weighted by Gasteiger charge is -2.35. The summed E-state index contributed by atoms with van der Waals surface area (Å²) in [4.78, 5) is 15.0. The summed E-state index contributed by atoms with van der Waals surface area (Å²) in [5, 5.41) is 0.698. The maximum Gasteiger partial charge on any atom is 0.233 e. The van der Waals surface area contributed by atoms with Crippen molar-refractivity contribution < 1.29 is 9.53 Å². The van der Waals surface area contributed by atoms with Gasteiger partial charge in [-0.2, -0.15) is 0 Å². The summed E-state index contributed by atoms with van der Waals surface area (Å²) in [5.41, 5.74) is 0. The average molecular weight is 300 g/mol. The van der Waals surface area contributed by atoms with E-state index in [-0.39, 0.29) is 18.1 Å². The van der Waals surface area contributed by atoms with Crippen LogP contribution in [0.1, 0.15) is 13.8 Å². The Kier molecular flexibility index (Phi) is 5.13. The minimum absolute atomic E-state index is 0.109. The summed E-state index contributed by atoms with van der Waals surface area (Å²) in [6.07, 6.45) is 0.219. The third-order valence-corrected chi connectivity index (χ3v) is 4.46. The van der Waals surface area contributed by atoms with Crippen LogP contribution in [0.3, 0.4) is 0 Å². The zero-order valence-corrected chi connectivity index (χ0v) is 12.7. The molecule has 0 spiro atoms. The van der Waals surface area contributed by atoms with Crippen molar-refractivity contribution in [3.63, 3.8) is 0 Å². The van der Waals surface area contributed by atoms with Gasteiger partial charge >= 0.3 is 0 Å². The monoisotopic (exact) mass is 299 g/mol. The Morgan fingerprint density at radius 3 is 2.63 bits per heavy atom. The van der Waals surface area contributed by atoms with Crippen molar-refractivity contribution in [2.24, 2.45) is 0 Å². The quantitative estimate of drug-likeness (QED) is 0.803. The van der Waals surface area contributed by atoms with Gasteiger partial charge < -0.3 is 9.64 Å². The van der Waals surface area contributed by atoms with E-state index in [1.165, 1.54) is 11.8 Å². The van der Waals surface area contributed by atoms with Gasteiger partial charge in [-0.25, -0.2) is 0 Å². The first-order valence-corrected chi connectivity index (χ1v) is 7.73. The number of morpholine rings is 1. The van der Waals surface area contributed by atoms with E-state index in [0.717, 1.165) is 4.90 Å². The van der Waals surface area contributed by atoms with Crippen LogP contribution in [0.25, 0.3) is 0 Å². The predicted molar refractivity (Wildman–Crippen MR) is 78.8 cm³/mol. The van der Waals surface area contributed by atoms with Crippen molar-refractivity contribution in [1.29, 1.82) is 0 Å². The lowest BCUT2D eigenvalue weighted by molar-refractivity contribution is -0.140. The standard InChI is InChI=1S/C14H18ClNO2S/c1-10-7-16(8-11(2)18-10)14(17)9-19-13-6-4-3-5-12(13)15/h3-6,10-11H,7-9H2,1-2H3. The first-order valence-electron chi connectivity index (χ1n) is 6.37. The van der Waals surface area contributed by atoms with Crippen molar-refractivity contribution in [3.05, 3.63) is 29.3 Å². The first-order chi connectivity index (χ1) is 9.06. The molecule has 2 unspecified atom stereocenters. The van der Waals surface area contributed by atoms with Gasteiger partial charge in [-0.15, -0.1) is 11.8 Å². The van der Waals surface area contributed by atoms with Crippen molar-refractivity contribution in [2.75, 3.05) is 18.8 Å². The van der Waals surface area contributed by atoms with Crippen LogP contribution in [0.5, 0.6) is 0 Å². The zero-order valence-electron chi connectivity index (χ0n) is 11.1. The second-order valence-electron chi connectivity index (χ2n) is 4.78. The molecule has 3 nitrogen and oxygen atoms in total. The van der Waals surface area contributed by atoms with Crippen molar-refractivity contribution >= 4 is 29.3 Å². The predicted octanol–water partition coefficient (Wildman–Crippen LogP) is 3.07. The van der Waals surface area contributed by atoms with Crippen LogP contribution in [-0.4, -0.2) is 41.9 Å². The highest BCUT2D eigenvalue weighted by molar-refractivity contribution is 8.00. The molecule has 0 aliphatic carbocycles. The van der Waals surface area contributed by atoms with Gasteiger partial charge in [-0.1, -0.05) is 23.7 Å². The summed E-state index contributed by atoms with van der Waals surface area (Å²) < 4.78 is 5.63. The second kappa shape index (κ2) is 6.64. The normalized spacial score (nSPS) is 23.4. The SMILES string of the molecule is CC1CN(C(=O)CSc2ccccc2Cl)CC(C)O1. The van der Waals surface area contributed by atoms with Gasteiger partial charge in [0.2, 0.25) is 5.91 Å². The number of nitrogens with zero attached hydrogens (tertiary/aromatic N) is 1. The summed E-state index contributed by atoms with van der Waals surface area (Å²) in [7, 11) is 0. The first kappa shape index (κ1) is 14.7. The molecule has 1 aliphatic heterocycles.